The number of allylic oxidation sites excluding steroid dienone is 1. The van der Waals surface area contributed by atoms with Crippen LogP contribution >= 0.6 is 22.6 Å². The molecule has 29 heavy (non-hydrogen) atoms. The molecule has 0 bridgehead atoms. The van der Waals surface area contributed by atoms with Gasteiger partial charge in [-0.3, -0.25) is 0 Å². The number of halogens is 1. The fraction of sp³-hybridized carbons (Fsp3) is 0.231. The molecule has 0 heterocycles. The fourth-order valence-electron chi connectivity index (χ4n) is 3.36. The van der Waals surface area contributed by atoms with E-state index in [0.29, 0.717) is 6.61 Å². The van der Waals surface area contributed by atoms with Gasteiger partial charge < -0.3 is 9.64 Å². The second kappa shape index (κ2) is 10.6. The van der Waals surface area contributed by atoms with Crippen molar-refractivity contribution in [3.05, 3.63) is 99.1 Å². The van der Waals surface area contributed by atoms with Crippen molar-refractivity contribution in [3.63, 3.8) is 0 Å². The second-order valence-electron chi connectivity index (χ2n) is 7.26. The Labute approximate surface area is 188 Å². The molecule has 0 aliphatic rings. The standard InChI is InChI=1S/C26H28INO/c1-4-25(20-8-6-5-7-9-20)26(21-10-14-23(27)15-11-21)22-12-16-24(17-13-22)29-19-18-28(2)3/h5-17H,4,18-19H2,1-3H3/b26-25-. The number of ether oxygens (including phenoxy) is 1. The average molecular weight is 497 g/mol. The van der Waals surface area contributed by atoms with E-state index in [4.69, 9.17) is 4.74 Å². The Morgan fingerprint density at radius 2 is 1.38 bits per heavy atom. The van der Waals surface area contributed by atoms with Crippen LogP contribution in [-0.4, -0.2) is 32.1 Å². The summed E-state index contributed by atoms with van der Waals surface area (Å²) >= 11 is 2.36. The topological polar surface area (TPSA) is 12.5 Å². The van der Waals surface area contributed by atoms with Gasteiger partial charge in [-0.05, 0) is 95.2 Å². The van der Waals surface area contributed by atoms with E-state index in [1.807, 2.05) is 0 Å². The summed E-state index contributed by atoms with van der Waals surface area (Å²) in [4.78, 5) is 2.12. The van der Waals surface area contributed by atoms with Crippen molar-refractivity contribution < 1.29 is 4.74 Å². The van der Waals surface area contributed by atoms with Gasteiger partial charge in [0.15, 0.2) is 0 Å². The first kappa shape index (κ1) is 21.6. The maximum absolute atomic E-state index is 5.89. The van der Waals surface area contributed by atoms with Crippen LogP contribution in [-0.2, 0) is 0 Å². The zero-order valence-electron chi connectivity index (χ0n) is 17.4. The van der Waals surface area contributed by atoms with Crippen LogP contribution in [0.4, 0.5) is 0 Å². The van der Waals surface area contributed by atoms with E-state index in [-0.39, 0.29) is 0 Å². The summed E-state index contributed by atoms with van der Waals surface area (Å²) in [5.74, 6) is 0.912. The van der Waals surface area contributed by atoms with Gasteiger partial charge >= 0.3 is 0 Å². The molecular weight excluding hydrogens is 469 g/mol. The molecule has 2 nitrogen and oxygen atoms in total. The molecule has 3 rings (SSSR count). The number of hydrogen-bond donors (Lipinski definition) is 0. The molecule has 0 aromatic heterocycles. The summed E-state index contributed by atoms with van der Waals surface area (Å²) in [6.07, 6.45) is 0.965. The summed E-state index contributed by atoms with van der Waals surface area (Å²) in [7, 11) is 4.11. The Morgan fingerprint density at radius 1 is 0.793 bits per heavy atom. The summed E-state index contributed by atoms with van der Waals surface area (Å²) in [5.41, 5.74) is 6.37. The minimum Gasteiger partial charge on any atom is -0.492 e. The first-order valence-electron chi connectivity index (χ1n) is 10.0. The summed E-state index contributed by atoms with van der Waals surface area (Å²) in [5, 5.41) is 0. The largest absolute Gasteiger partial charge is 0.492 e. The molecule has 3 aromatic rings. The van der Waals surface area contributed by atoms with E-state index in [2.05, 4.69) is 127 Å². The van der Waals surface area contributed by atoms with Crippen molar-refractivity contribution >= 4 is 33.7 Å². The van der Waals surface area contributed by atoms with Crippen LogP contribution in [0.3, 0.4) is 0 Å². The Balaban J connectivity index is 2.02. The SMILES string of the molecule is CC/C(=C(\c1ccc(I)cc1)c1ccc(OCCN(C)C)cc1)c1ccccc1. The van der Waals surface area contributed by atoms with E-state index in [1.165, 1.54) is 31.4 Å². The van der Waals surface area contributed by atoms with Gasteiger partial charge in [0.25, 0.3) is 0 Å². The molecule has 0 radical (unpaired) electrons. The van der Waals surface area contributed by atoms with Crippen molar-refractivity contribution in [3.8, 4) is 5.75 Å². The van der Waals surface area contributed by atoms with Crippen LogP contribution in [0, 0.1) is 3.57 Å². The van der Waals surface area contributed by atoms with Crippen LogP contribution in [0.25, 0.3) is 11.1 Å². The predicted molar refractivity (Wildman–Crippen MR) is 132 cm³/mol. The zero-order valence-corrected chi connectivity index (χ0v) is 19.5. The van der Waals surface area contributed by atoms with Crippen molar-refractivity contribution in [2.45, 2.75) is 13.3 Å². The highest BCUT2D eigenvalue weighted by atomic mass is 127. The van der Waals surface area contributed by atoms with Crippen LogP contribution in [0.1, 0.15) is 30.0 Å². The Morgan fingerprint density at radius 3 is 1.93 bits per heavy atom. The third-order valence-electron chi connectivity index (χ3n) is 4.86. The maximum Gasteiger partial charge on any atom is 0.119 e. The molecule has 0 saturated heterocycles. The van der Waals surface area contributed by atoms with Gasteiger partial charge in [0.2, 0.25) is 0 Å². The molecule has 0 aliphatic carbocycles. The van der Waals surface area contributed by atoms with E-state index in [0.717, 1.165) is 18.7 Å². The molecule has 0 aliphatic heterocycles. The summed E-state index contributed by atoms with van der Waals surface area (Å²) in [6.45, 7) is 3.83. The lowest BCUT2D eigenvalue weighted by atomic mass is 9.88. The van der Waals surface area contributed by atoms with Crippen molar-refractivity contribution in [1.29, 1.82) is 0 Å². The summed E-state index contributed by atoms with van der Waals surface area (Å²) in [6, 6.07) is 28.0. The third kappa shape index (κ3) is 5.94. The van der Waals surface area contributed by atoms with Crippen molar-refractivity contribution in [2.75, 3.05) is 27.2 Å². The molecule has 0 unspecified atom stereocenters. The Bertz CT molecular complexity index is 929. The number of likely N-dealkylation sites (N-methyl/N-ethyl adjacent to an activating group) is 1. The molecule has 3 heteroatoms. The normalized spacial score (nSPS) is 12.0. The minimum atomic E-state index is 0.691. The van der Waals surface area contributed by atoms with Gasteiger partial charge in [-0.15, -0.1) is 0 Å². The van der Waals surface area contributed by atoms with E-state index in [1.54, 1.807) is 0 Å². The monoisotopic (exact) mass is 497 g/mol. The average Bonchev–Trinajstić information content (AvgIpc) is 2.74. The number of rotatable bonds is 8. The zero-order chi connectivity index (χ0) is 20.6. The number of hydrogen-bond acceptors (Lipinski definition) is 2. The van der Waals surface area contributed by atoms with Crippen molar-refractivity contribution in [1.82, 2.24) is 4.90 Å². The molecule has 0 N–H and O–H groups in total. The first-order valence-corrected chi connectivity index (χ1v) is 11.1. The van der Waals surface area contributed by atoms with E-state index < -0.39 is 0 Å². The lowest BCUT2D eigenvalue weighted by Gasteiger charge is -2.17. The van der Waals surface area contributed by atoms with Crippen LogP contribution in [0.2, 0.25) is 0 Å². The first-order chi connectivity index (χ1) is 14.1. The van der Waals surface area contributed by atoms with Crippen molar-refractivity contribution in [2.24, 2.45) is 0 Å². The molecule has 0 spiro atoms. The van der Waals surface area contributed by atoms with Gasteiger partial charge in [-0.2, -0.15) is 0 Å². The van der Waals surface area contributed by atoms with Crippen LogP contribution in [0.15, 0.2) is 78.9 Å². The lowest BCUT2D eigenvalue weighted by Crippen LogP contribution is -2.19. The molecule has 0 fully saturated rings. The number of benzene rings is 3. The van der Waals surface area contributed by atoms with E-state index in [9.17, 15) is 0 Å². The van der Waals surface area contributed by atoms with Gasteiger partial charge in [-0.1, -0.05) is 61.5 Å². The quantitative estimate of drug-likeness (QED) is 0.257. The highest BCUT2D eigenvalue weighted by Crippen LogP contribution is 2.35. The Hall–Kier alpha value is -2.11. The smallest absolute Gasteiger partial charge is 0.119 e. The lowest BCUT2D eigenvalue weighted by molar-refractivity contribution is 0.261. The van der Waals surface area contributed by atoms with E-state index >= 15 is 0 Å². The third-order valence-corrected chi connectivity index (χ3v) is 5.58. The van der Waals surface area contributed by atoms with Crippen LogP contribution in [0.5, 0.6) is 5.75 Å². The second-order valence-corrected chi connectivity index (χ2v) is 8.50. The highest BCUT2D eigenvalue weighted by Gasteiger charge is 2.13. The van der Waals surface area contributed by atoms with Gasteiger partial charge in [-0.25, -0.2) is 0 Å². The molecule has 3 aromatic carbocycles. The fourth-order valence-corrected chi connectivity index (χ4v) is 3.72. The van der Waals surface area contributed by atoms with Gasteiger partial charge in [0, 0.05) is 10.1 Å². The summed E-state index contributed by atoms with van der Waals surface area (Å²) < 4.78 is 7.13. The molecule has 0 amide bonds. The molecule has 0 atom stereocenters. The molecule has 0 saturated carbocycles. The Kier molecular flexibility index (Phi) is 7.90. The minimum absolute atomic E-state index is 0.691. The highest BCUT2D eigenvalue weighted by molar-refractivity contribution is 14.1. The molecular formula is C26H28INO. The van der Waals surface area contributed by atoms with Gasteiger partial charge in [0.1, 0.15) is 12.4 Å². The van der Waals surface area contributed by atoms with Crippen LogP contribution < -0.4 is 4.74 Å². The predicted octanol–water partition coefficient (Wildman–Crippen LogP) is 6.60. The maximum atomic E-state index is 5.89. The van der Waals surface area contributed by atoms with Gasteiger partial charge in [0.05, 0.1) is 0 Å². The molecule has 150 valence electrons. The number of nitrogens with zero attached hydrogens (tertiary/aromatic N) is 1.